The predicted molar refractivity (Wildman–Crippen MR) is 88.4 cm³/mol. The molecule has 1 aliphatic rings. The molecule has 4 nitrogen and oxygen atoms in total. The van der Waals surface area contributed by atoms with Gasteiger partial charge in [-0.3, -0.25) is 14.5 Å². The zero-order chi connectivity index (χ0) is 15.7. The van der Waals surface area contributed by atoms with Gasteiger partial charge in [0.15, 0.2) is 0 Å². The van der Waals surface area contributed by atoms with Gasteiger partial charge < -0.3 is 5.32 Å². The minimum Gasteiger partial charge on any atom is -0.385 e. The molecule has 0 saturated heterocycles. The Kier molecular flexibility index (Phi) is 3.84. The van der Waals surface area contributed by atoms with Gasteiger partial charge in [0.2, 0.25) is 0 Å². The van der Waals surface area contributed by atoms with Crippen LogP contribution in [-0.2, 0) is 0 Å². The third-order valence-electron chi connectivity index (χ3n) is 4.09. The quantitative estimate of drug-likeness (QED) is 0.856. The summed E-state index contributed by atoms with van der Waals surface area (Å²) in [6.07, 6.45) is 1.78. The molecule has 2 aromatic rings. The van der Waals surface area contributed by atoms with E-state index in [1.54, 1.807) is 0 Å². The van der Waals surface area contributed by atoms with Crippen molar-refractivity contribution in [3.63, 3.8) is 0 Å². The van der Waals surface area contributed by atoms with Crippen molar-refractivity contribution < 1.29 is 9.59 Å². The molecule has 0 atom stereocenters. The van der Waals surface area contributed by atoms with E-state index >= 15 is 0 Å². The second-order valence-corrected chi connectivity index (χ2v) is 5.53. The predicted octanol–water partition coefficient (Wildman–Crippen LogP) is 3.67. The Morgan fingerprint density at radius 2 is 1.73 bits per heavy atom. The van der Waals surface area contributed by atoms with E-state index in [1.807, 2.05) is 37.3 Å². The van der Waals surface area contributed by atoms with Crippen molar-refractivity contribution in [2.24, 2.45) is 0 Å². The topological polar surface area (TPSA) is 49.4 Å². The zero-order valence-electron chi connectivity index (χ0n) is 13.0. The highest BCUT2D eigenvalue weighted by atomic mass is 16.2. The van der Waals surface area contributed by atoms with Crippen LogP contribution in [0.4, 0.5) is 5.69 Å². The zero-order valence-corrected chi connectivity index (χ0v) is 13.0. The normalized spacial score (nSPS) is 13.8. The second kappa shape index (κ2) is 5.79. The molecule has 1 heterocycles. The molecule has 1 aliphatic heterocycles. The van der Waals surface area contributed by atoms with Crippen LogP contribution in [0.1, 0.15) is 47.4 Å². The van der Waals surface area contributed by atoms with Gasteiger partial charge in [-0.05, 0) is 31.5 Å². The lowest BCUT2D eigenvalue weighted by atomic mass is 9.93. The summed E-state index contributed by atoms with van der Waals surface area (Å²) in [4.78, 5) is 26.7. The molecule has 4 heteroatoms. The highest BCUT2D eigenvalue weighted by molar-refractivity contribution is 6.26. The van der Waals surface area contributed by atoms with Gasteiger partial charge in [-0.2, -0.15) is 0 Å². The van der Waals surface area contributed by atoms with Crippen LogP contribution in [-0.4, -0.2) is 29.8 Å². The maximum atomic E-state index is 12.7. The van der Waals surface area contributed by atoms with E-state index in [1.165, 1.54) is 4.90 Å². The van der Waals surface area contributed by atoms with Crippen LogP contribution >= 0.6 is 0 Å². The molecule has 0 unspecified atom stereocenters. The number of benzene rings is 2. The average Bonchev–Trinajstić information content (AvgIpc) is 2.53. The van der Waals surface area contributed by atoms with Crippen LogP contribution in [0.25, 0.3) is 10.8 Å². The van der Waals surface area contributed by atoms with Crippen molar-refractivity contribution in [2.75, 3.05) is 18.4 Å². The Balaban J connectivity index is 2.19. The van der Waals surface area contributed by atoms with Gasteiger partial charge in [-0.1, -0.05) is 25.5 Å². The summed E-state index contributed by atoms with van der Waals surface area (Å²) >= 11 is 0. The third kappa shape index (κ3) is 2.15. The molecule has 1 N–H and O–H groups in total. The maximum Gasteiger partial charge on any atom is 0.261 e. The van der Waals surface area contributed by atoms with Crippen LogP contribution in [0.3, 0.4) is 0 Å². The smallest absolute Gasteiger partial charge is 0.261 e. The summed E-state index contributed by atoms with van der Waals surface area (Å²) in [5, 5.41) is 5.01. The van der Waals surface area contributed by atoms with Crippen LogP contribution in [0, 0.1) is 0 Å². The standard InChI is InChI=1S/C18H20N2O2/c1-3-5-11-20-17(21)13-8-6-7-12-15(19-4-2)10-9-14(16(12)13)18(20)22/h6-10,19H,3-5,11H2,1-2H3. The minimum absolute atomic E-state index is 0.176. The van der Waals surface area contributed by atoms with Crippen molar-refractivity contribution in [3.8, 4) is 0 Å². The highest BCUT2D eigenvalue weighted by Gasteiger charge is 2.32. The van der Waals surface area contributed by atoms with Gasteiger partial charge >= 0.3 is 0 Å². The van der Waals surface area contributed by atoms with E-state index in [9.17, 15) is 9.59 Å². The number of anilines is 1. The number of carbonyl (C=O) groups excluding carboxylic acids is 2. The number of amides is 2. The number of unbranched alkanes of at least 4 members (excludes halogenated alkanes) is 1. The number of hydrogen-bond donors (Lipinski definition) is 1. The first-order valence-electron chi connectivity index (χ1n) is 7.84. The Labute approximate surface area is 130 Å². The summed E-state index contributed by atoms with van der Waals surface area (Å²) in [7, 11) is 0. The Morgan fingerprint density at radius 3 is 2.41 bits per heavy atom. The molecule has 2 amide bonds. The number of rotatable bonds is 5. The van der Waals surface area contributed by atoms with E-state index in [-0.39, 0.29) is 11.8 Å². The number of carbonyl (C=O) groups is 2. The summed E-state index contributed by atoms with van der Waals surface area (Å²) in [6.45, 7) is 5.36. The minimum atomic E-state index is -0.176. The van der Waals surface area contributed by atoms with Crippen molar-refractivity contribution in [1.29, 1.82) is 0 Å². The van der Waals surface area contributed by atoms with Crippen LogP contribution in [0.5, 0.6) is 0 Å². The average molecular weight is 296 g/mol. The highest BCUT2D eigenvalue weighted by Crippen LogP contribution is 2.34. The molecule has 0 aromatic heterocycles. The van der Waals surface area contributed by atoms with Crippen molar-refractivity contribution >= 4 is 28.3 Å². The molecule has 0 saturated carbocycles. The largest absolute Gasteiger partial charge is 0.385 e. The van der Waals surface area contributed by atoms with Crippen LogP contribution in [0.2, 0.25) is 0 Å². The van der Waals surface area contributed by atoms with Crippen LogP contribution < -0.4 is 5.32 Å². The number of hydrogen-bond acceptors (Lipinski definition) is 3. The molecular weight excluding hydrogens is 276 g/mol. The molecule has 0 radical (unpaired) electrons. The van der Waals surface area contributed by atoms with Gasteiger partial charge in [0.1, 0.15) is 0 Å². The number of nitrogens with zero attached hydrogens (tertiary/aromatic N) is 1. The Bertz CT molecular complexity index is 730. The molecule has 3 rings (SSSR count). The Hall–Kier alpha value is -2.36. The van der Waals surface area contributed by atoms with E-state index in [4.69, 9.17) is 0 Å². The number of imide groups is 1. The lowest BCUT2D eigenvalue weighted by Crippen LogP contribution is -2.40. The van der Waals surface area contributed by atoms with Gasteiger partial charge in [0, 0.05) is 40.7 Å². The molecule has 0 bridgehead atoms. The third-order valence-corrected chi connectivity index (χ3v) is 4.09. The molecule has 0 aliphatic carbocycles. The van der Waals surface area contributed by atoms with E-state index in [0.29, 0.717) is 17.7 Å². The fraction of sp³-hybridized carbons (Fsp3) is 0.333. The van der Waals surface area contributed by atoms with Gasteiger partial charge in [-0.25, -0.2) is 0 Å². The molecular formula is C18H20N2O2. The maximum absolute atomic E-state index is 12.7. The van der Waals surface area contributed by atoms with Gasteiger partial charge in [0.05, 0.1) is 0 Å². The van der Waals surface area contributed by atoms with Crippen molar-refractivity contribution in [2.45, 2.75) is 26.7 Å². The first-order valence-corrected chi connectivity index (χ1v) is 7.84. The van der Waals surface area contributed by atoms with Crippen LogP contribution in [0.15, 0.2) is 30.3 Å². The van der Waals surface area contributed by atoms with Gasteiger partial charge in [0.25, 0.3) is 11.8 Å². The lowest BCUT2D eigenvalue weighted by molar-refractivity contribution is 0.0608. The Morgan fingerprint density at radius 1 is 1.00 bits per heavy atom. The first kappa shape index (κ1) is 14.6. The molecule has 0 fully saturated rings. The number of nitrogens with one attached hydrogen (secondary N) is 1. The second-order valence-electron chi connectivity index (χ2n) is 5.53. The summed E-state index contributed by atoms with van der Waals surface area (Å²) in [5.41, 5.74) is 2.22. The fourth-order valence-electron chi connectivity index (χ4n) is 3.01. The molecule has 22 heavy (non-hydrogen) atoms. The van der Waals surface area contributed by atoms with E-state index in [0.717, 1.165) is 35.8 Å². The summed E-state index contributed by atoms with van der Waals surface area (Å²) in [6, 6.07) is 9.42. The molecule has 2 aromatic carbocycles. The summed E-state index contributed by atoms with van der Waals surface area (Å²) in [5.74, 6) is -0.351. The first-order chi connectivity index (χ1) is 10.7. The van der Waals surface area contributed by atoms with Crippen molar-refractivity contribution in [3.05, 3.63) is 41.5 Å². The lowest BCUT2D eigenvalue weighted by Gasteiger charge is -2.27. The fourth-order valence-corrected chi connectivity index (χ4v) is 3.01. The monoisotopic (exact) mass is 296 g/mol. The summed E-state index contributed by atoms with van der Waals surface area (Å²) < 4.78 is 0. The van der Waals surface area contributed by atoms with Gasteiger partial charge in [-0.15, -0.1) is 0 Å². The van der Waals surface area contributed by atoms with Crippen molar-refractivity contribution in [1.82, 2.24) is 4.90 Å². The SMILES string of the molecule is CCCCN1C(=O)c2cccc3c(NCC)ccc(c23)C1=O. The molecule has 0 spiro atoms. The van der Waals surface area contributed by atoms with E-state index in [2.05, 4.69) is 12.2 Å². The van der Waals surface area contributed by atoms with E-state index < -0.39 is 0 Å². The molecule has 114 valence electrons.